The zero-order chi connectivity index (χ0) is 23.6. The van der Waals surface area contributed by atoms with Crippen molar-refractivity contribution in [1.29, 1.82) is 0 Å². The van der Waals surface area contributed by atoms with Crippen LogP contribution in [0.2, 0.25) is 0 Å². The summed E-state index contributed by atoms with van der Waals surface area (Å²) < 4.78 is 5.53. The van der Waals surface area contributed by atoms with Gasteiger partial charge in [-0.15, -0.1) is 0 Å². The van der Waals surface area contributed by atoms with Crippen LogP contribution >= 0.6 is 0 Å². The number of aliphatic carboxylic acids is 1. The highest BCUT2D eigenvalue weighted by atomic mass is 16.5. The number of nitrogens with one attached hydrogen (secondary N) is 2. The first-order chi connectivity index (χ1) is 15.8. The number of alkyl carbamates (subject to hydrolysis) is 1. The number of aliphatic hydroxyl groups is 1. The van der Waals surface area contributed by atoms with Crippen LogP contribution in [-0.2, 0) is 14.3 Å². The minimum atomic E-state index is -1.76. The highest BCUT2D eigenvalue weighted by Crippen LogP contribution is 2.44. The molecular formula is C25H26N2O6. The first-order valence-corrected chi connectivity index (χ1v) is 10.8. The molecule has 2 aromatic carbocycles. The molecule has 2 amide bonds. The van der Waals surface area contributed by atoms with Crippen molar-refractivity contribution in [3.63, 3.8) is 0 Å². The predicted molar refractivity (Wildman–Crippen MR) is 121 cm³/mol. The van der Waals surface area contributed by atoms with Crippen LogP contribution in [0.5, 0.6) is 0 Å². The van der Waals surface area contributed by atoms with Gasteiger partial charge >= 0.3 is 12.1 Å². The van der Waals surface area contributed by atoms with Crippen molar-refractivity contribution in [2.45, 2.75) is 30.8 Å². The second-order valence-corrected chi connectivity index (χ2v) is 8.59. The van der Waals surface area contributed by atoms with E-state index in [1.54, 1.807) is 12.2 Å². The molecule has 0 fully saturated rings. The van der Waals surface area contributed by atoms with Gasteiger partial charge < -0.3 is 25.6 Å². The van der Waals surface area contributed by atoms with Crippen molar-refractivity contribution in [2.75, 3.05) is 13.2 Å². The van der Waals surface area contributed by atoms with Gasteiger partial charge in [0.2, 0.25) is 5.91 Å². The van der Waals surface area contributed by atoms with Gasteiger partial charge in [0, 0.05) is 5.92 Å². The Kier molecular flexibility index (Phi) is 6.20. The topological polar surface area (TPSA) is 125 Å². The lowest BCUT2D eigenvalue weighted by Crippen LogP contribution is -2.56. The molecule has 0 aliphatic heterocycles. The number of ether oxygens (including phenoxy) is 1. The van der Waals surface area contributed by atoms with Gasteiger partial charge in [-0.05, 0) is 35.6 Å². The van der Waals surface area contributed by atoms with Gasteiger partial charge in [0.25, 0.3) is 0 Å². The number of aliphatic hydroxyl groups excluding tert-OH is 1. The normalized spacial score (nSPS) is 20.4. The lowest BCUT2D eigenvalue weighted by molar-refractivity contribution is -0.149. The molecule has 4 rings (SSSR count). The molecule has 3 unspecified atom stereocenters. The largest absolute Gasteiger partial charge is 0.479 e. The molecule has 8 heteroatoms. The van der Waals surface area contributed by atoms with E-state index in [0.717, 1.165) is 22.3 Å². The summed E-state index contributed by atoms with van der Waals surface area (Å²) >= 11 is 0. The average Bonchev–Trinajstić information content (AvgIpc) is 3.40. The molecule has 172 valence electrons. The van der Waals surface area contributed by atoms with Gasteiger partial charge in [0.15, 0.2) is 5.54 Å². The lowest BCUT2D eigenvalue weighted by atomic mass is 9.98. The summed E-state index contributed by atoms with van der Waals surface area (Å²) in [6.07, 6.45) is 2.99. The number of amides is 2. The number of fused-ring (bicyclic) bond motifs is 3. The molecule has 0 spiro atoms. The number of benzene rings is 2. The van der Waals surface area contributed by atoms with E-state index in [4.69, 9.17) is 4.74 Å². The van der Waals surface area contributed by atoms with Crippen LogP contribution in [0.4, 0.5) is 4.79 Å². The number of carboxylic acids is 1. The van der Waals surface area contributed by atoms with Crippen LogP contribution in [-0.4, -0.2) is 53.0 Å². The summed E-state index contributed by atoms with van der Waals surface area (Å²) in [5, 5.41) is 23.6. The third kappa shape index (κ3) is 4.47. The molecule has 0 aromatic heterocycles. The van der Waals surface area contributed by atoms with E-state index < -0.39 is 42.1 Å². The van der Waals surface area contributed by atoms with Crippen LogP contribution in [0.3, 0.4) is 0 Å². The standard InChI is InChI=1S/C25H26N2O6/c1-25(14-28,23(30)31)27-22(29)15-10-11-16(12-15)26-24(32)33-13-21-19-8-4-2-6-17(19)18-7-3-5-9-20(18)21/h2-11,15-16,21,28H,12-14H2,1H3,(H,26,32)(H,27,29)(H,30,31). The molecule has 0 radical (unpaired) electrons. The summed E-state index contributed by atoms with van der Waals surface area (Å²) in [6.45, 7) is 0.692. The fourth-order valence-corrected chi connectivity index (χ4v) is 4.32. The van der Waals surface area contributed by atoms with E-state index in [0.29, 0.717) is 0 Å². The number of carboxylic acid groups (broad SMARTS) is 1. The number of carbonyl (C=O) groups is 3. The molecule has 33 heavy (non-hydrogen) atoms. The number of hydrogen-bond acceptors (Lipinski definition) is 5. The molecule has 8 nitrogen and oxygen atoms in total. The van der Waals surface area contributed by atoms with Gasteiger partial charge in [-0.1, -0.05) is 60.7 Å². The maximum atomic E-state index is 12.4. The summed E-state index contributed by atoms with van der Waals surface area (Å²) in [7, 11) is 0. The number of carbonyl (C=O) groups excluding carboxylic acids is 2. The van der Waals surface area contributed by atoms with Crippen LogP contribution in [0.15, 0.2) is 60.7 Å². The van der Waals surface area contributed by atoms with Crippen molar-refractivity contribution >= 4 is 18.0 Å². The molecule has 3 atom stereocenters. The van der Waals surface area contributed by atoms with Gasteiger partial charge in [0.05, 0.1) is 18.6 Å². The third-order valence-electron chi connectivity index (χ3n) is 6.25. The van der Waals surface area contributed by atoms with E-state index in [-0.39, 0.29) is 18.9 Å². The number of rotatable bonds is 7. The van der Waals surface area contributed by atoms with E-state index in [1.807, 2.05) is 36.4 Å². The van der Waals surface area contributed by atoms with Gasteiger partial charge in [-0.3, -0.25) is 4.79 Å². The van der Waals surface area contributed by atoms with Crippen LogP contribution in [0.25, 0.3) is 11.1 Å². The van der Waals surface area contributed by atoms with E-state index >= 15 is 0 Å². The molecule has 0 bridgehead atoms. The molecule has 0 heterocycles. The molecule has 2 aromatic rings. The van der Waals surface area contributed by atoms with Crippen LogP contribution < -0.4 is 10.6 Å². The quantitative estimate of drug-likeness (QED) is 0.480. The van der Waals surface area contributed by atoms with Gasteiger partial charge in [-0.2, -0.15) is 0 Å². The van der Waals surface area contributed by atoms with Crippen LogP contribution in [0.1, 0.15) is 30.4 Å². The molecule has 0 saturated heterocycles. The van der Waals surface area contributed by atoms with Gasteiger partial charge in [0.1, 0.15) is 6.61 Å². The average molecular weight is 450 g/mol. The van der Waals surface area contributed by atoms with Crippen molar-refractivity contribution in [3.05, 3.63) is 71.8 Å². The third-order valence-corrected chi connectivity index (χ3v) is 6.25. The monoisotopic (exact) mass is 450 g/mol. The Morgan fingerprint density at radius 3 is 2.21 bits per heavy atom. The Bertz CT molecular complexity index is 1070. The zero-order valence-electron chi connectivity index (χ0n) is 18.2. The van der Waals surface area contributed by atoms with Crippen molar-refractivity contribution in [3.8, 4) is 11.1 Å². The minimum Gasteiger partial charge on any atom is -0.479 e. The molecule has 0 saturated carbocycles. The molecule has 2 aliphatic rings. The van der Waals surface area contributed by atoms with E-state index in [2.05, 4.69) is 22.8 Å². The maximum absolute atomic E-state index is 12.4. The summed E-state index contributed by atoms with van der Waals surface area (Å²) in [4.78, 5) is 36.1. The fourth-order valence-electron chi connectivity index (χ4n) is 4.32. The highest BCUT2D eigenvalue weighted by Gasteiger charge is 2.37. The summed E-state index contributed by atoms with van der Waals surface area (Å²) in [6, 6.07) is 15.7. The smallest absolute Gasteiger partial charge is 0.407 e. The lowest BCUT2D eigenvalue weighted by Gasteiger charge is -2.25. The Morgan fingerprint density at radius 1 is 1.03 bits per heavy atom. The maximum Gasteiger partial charge on any atom is 0.407 e. The summed E-state index contributed by atoms with van der Waals surface area (Å²) in [5.41, 5.74) is 2.77. The fraction of sp³-hybridized carbons (Fsp3) is 0.320. The molecule has 2 aliphatic carbocycles. The van der Waals surface area contributed by atoms with Crippen molar-refractivity contribution in [2.24, 2.45) is 5.92 Å². The summed E-state index contributed by atoms with van der Waals surface area (Å²) in [5.74, 6) is -2.52. The van der Waals surface area contributed by atoms with E-state index in [9.17, 15) is 24.6 Å². The Hall–Kier alpha value is -3.65. The molecule has 4 N–H and O–H groups in total. The molecular weight excluding hydrogens is 424 g/mol. The van der Waals surface area contributed by atoms with E-state index in [1.165, 1.54) is 6.92 Å². The number of hydrogen-bond donors (Lipinski definition) is 4. The second kappa shape index (κ2) is 9.07. The van der Waals surface area contributed by atoms with Gasteiger partial charge in [-0.25, -0.2) is 9.59 Å². The first kappa shape index (κ1) is 22.5. The second-order valence-electron chi connectivity index (χ2n) is 8.59. The SMILES string of the molecule is CC(CO)(NC(=O)C1C=CC(NC(=O)OCC2c3ccccc3-c3ccccc32)C1)C(=O)O. The zero-order valence-corrected chi connectivity index (χ0v) is 18.2. The van der Waals surface area contributed by atoms with Crippen molar-refractivity contribution in [1.82, 2.24) is 10.6 Å². The predicted octanol–water partition coefficient (Wildman–Crippen LogP) is 2.42. The first-order valence-electron chi connectivity index (χ1n) is 10.8. The Labute approximate surface area is 191 Å². The van der Waals surface area contributed by atoms with Crippen molar-refractivity contribution < 1.29 is 29.3 Å². The van der Waals surface area contributed by atoms with Crippen LogP contribution in [0, 0.1) is 5.92 Å². The Balaban J connectivity index is 1.32. The highest BCUT2D eigenvalue weighted by molar-refractivity contribution is 5.89. The minimum absolute atomic E-state index is 0.0482. The Morgan fingerprint density at radius 2 is 1.64 bits per heavy atom.